The Labute approximate surface area is 126 Å². The molecule has 21 heavy (non-hydrogen) atoms. The van der Waals surface area contributed by atoms with Gasteiger partial charge in [0, 0.05) is 35.1 Å². The highest BCUT2D eigenvalue weighted by atomic mass is 16.5. The Morgan fingerprint density at radius 3 is 2.76 bits per heavy atom. The van der Waals surface area contributed by atoms with Crippen molar-refractivity contribution in [3.8, 4) is 5.75 Å². The van der Waals surface area contributed by atoms with Crippen LogP contribution >= 0.6 is 0 Å². The molecule has 0 saturated carbocycles. The number of rotatable bonds is 6. The predicted octanol–water partition coefficient (Wildman–Crippen LogP) is 2.62. The van der Waals surface area contributed by atoms with Gasteiger partial charge in [0.05, 0.1) is 25.5 Å². The smallest absolute Gasteiger partial charge is 0.128 e. The second-order valence-corrected chi connectivity index (χ2v) is 5.30. The van der Waals surface area contributed by atoms with Crippen molar-refractivity contribution in [2.24, 2.45) is 0 Å². The fourth-order valence-corrected chi connectivity index (χ4v) is 2.50. The molecule has 114 valence electrons. The summed E-state index contributed by atoms with van der Waals surface area (Å²) in [5.41, 5.74) is 4.31. The number of aryl methyl sites for hydroxylation is 1. The number of hydrogen-bond donors (Lipinski definition) is 1. The van der Waals surface area contributed by atoms with E-state index in [-0.39, 0.29) is 0 Å². The van der Waals surface area contributed by atoms with Gasteiger partial charge in [0.1, 0.15) is 5.75 Å². The van der Waals surface area contributed by atoms with Gasteiger partial charge in [0.15, 0.2) is 0 Å². The summed E-state index contributed by atoms with van der Waals surface area (Å²) in [6.45, 7) is 9.89. The van der Waals surface area contributed by atoms with Crippen LogP contribution in [0.2, 0.25) is 0 Å². The molecule has 5 heteroatoms. The summed E-state index contributed by atoms with van der Waals surface area (Å²) >= 11 is 0. The molecule has 1 unspecified atom stereocenters. The number of hydrogen-bond acceptors (Lipinski definition) is 4. The van der Waals surface area contributed by atoms with Crippen LogP contribution in [0.25, 0.3) is 0 Å². The second-order valence-electron chi connectivity index (χ2n) is 5.30. The number of nitrogens with zero attached hydrogens (tertiary/aromatic N) is 3. The number of methoxy groups -OCH3 is 1. The van der Waals surface area contributed by atoms with Gasteiger partial charge in [0.25, 0.3) is 0 Å². The number of nitrogens with one attached hydrogen (secondary N) is 1. The van der Waals surface area contributed by atoms with Gasteiger partial charge in [-0.05, 0) is 27.3 Å². The van der Waals surface area contributed by atoms with Crippen LogP contribution in [0.1, 0.15) is 42.3 Å². The molecule has 0 fully saturated rings. The Kier molecular flexibility index (Phi) is 4.96. The Balaban J connectivity index is 2.19. The summed E-state index contributed by atoms with van der Waals surface area (Å²) < 4.78 is 7.37. The molecule has 1 atom stereocenters. The number of aromatic nitrogens is 3. The van der Waals surface area contributed by atoms with E-state index in [1.807, 2.05) is 30.9 Å². The van der Waals surface area contributed by atoms with Gasteiger partial charge in [-0.15, -0.1) is 0 Å². The van der Waals surface area contributed by atoms with Crippen molar-refractivity contribution in [2.45, 2.75) is 40.3 Å². The van der Waals surface area contributed by atoms with Crippen LogP contribution in [0.5, 0.6) is 5.75 Å². The number of ether oxygens (including phenoxy) is 1. The summed E-state index contributed by atoms with van der Waals surface area (Å²) in [6, 6.07) is 0.311. The van der Waals surface area contributed by atoms with Crippen molar-refractivity contribution in [3.05, 3.63) is 41.0 Å². The maximum Gasteiger partial charge on any atom is 0.128 e. The summed E-state index contributed by atoms with van der Waals surface area (Å²) in [6.07, 6.45) is 5.84. The molecule has 0 aliphatic heterocycles. The molecule has 0 aliphatic rings. The van der Waals surface area contributed by atoms with E-state index in [1.165, 1.54) is 5.56 Å². The van der Waals surface area contributed by atoms with Crippen molar-refractivity contribution >= 4 is 0 Å². The summed E-state index contributed by atoms with van der Waals surface area (Å²) in [5, 5.41) is 7.82. The molecule has 0 aromatic carbocycles. The summed E-state index contributed by atoms with van der Waals surface area (Å²) in [7, 11) is 1.70. The monoisotopic (exact) mass is 288 g/mol. The van der Waals surface area contributed by atoms with E-state index in [2.05, 4.69) is 35.4 Å². The van der Waals surface area contributed by atoms with Crippen LogP contribution in [0.3, 0.4) is 0 Å². The third-order valence-corrected chi connectivity index (χ3v) is 3.73. The molecular weight excluding hydrogens is 264 g/mol. The van der Waals surface area contributed by atoms with E-state index in [0.29, 0.717) is 12.6 Å². The largest absolute Gasteiger partial charge is 0.496 e. The Morgan fingerprint density at radius 2 is 2.10 bits per heavy atom. The lowest BCUT2D eigenvalue weighted by Crippen LogP contribution is -2.17. The van der Waals surface area contributed by atoms with Crippen LogP contribution in [0.4, 0.5) is 0 Å². The van der Waals surface area contributed by atoms with Crippen molar-refractivity contribution in [2.75, 3.05) is 13.7 Å². The first kappa shape index (κ1) is 15.5. The lowest BCUT2D eigenvalue weighted by molar-refractivity contribution is 0.406. The molecule has 0 spiro atoms. The predicted molar refractivity (Wildman–Crippen MR) is 83.7 cm³/mol. The van der Waals surface area contributed by atoms with Crippen LogP contribution in [-0.4, -0.2) is 28.4 Å². The molecular formula is C16H24N4O. The number of pyridine rings is 1. The first-order valence-corrected chi connectivity index (χ1v) is 7.31. The van der Waals surface area contributed by atoms with Crippen molar-refractivity contribution in [1.82, 2.24) is 20.1 Å². The summed E-state index contributed by atoms with van der Waals surface area (Å²) in [5.74, 6) is 0.911. The van der Waals surface area contributed by atoms with Crippen LogP contribution < -0.4 is 10.1 Å². The third kappa shape index (κ3) is 3.42. The molecule has 2 aromatic heterocycles. The van der Waals surface area contributed by atoms with Gasteiger partial charge >= 0.3 is 0 Å². The highest BCUT2D eigenvalue weighted by Crippen LogP contribution is 2.24. The Bertz CT molecular complexity index is 606. The zero-order valence-electron chi connectivity index (χ0n) is 13.5. The first-order valence-electron chi connectivity index (χ1n) is 7.31. The quantitative estimate of drug-likeness (QED) is 0.888. The zero-order valence-corrected chi connectivity index (χ0v) is 13.5. The zero-order chi connectivity index (χ0) is 15.4. The third-order valence-electron chi connectivity index (χ3n) is 3.73. The average Bonchev–Trinajstić information content (AvgIpc) is 2.92. The van der Waals surface area contributed by atoms with Gasteiger partial charge < -0.3 is 10.1 Å². The fourth-order valence-electron chi connectivity index (χ4n) is 2.50. The maximum absolute atomic E-state index is 5.45. The van der Waals surface area contributed by atoms with E-state index in [4.69, 9.17) is 4.74 Å². The Hall–Kier alpha value is -1.88. The van der Waals surface area contributed by atoms with Gasteiger partial charge in [-0.3, -0.25) is 9.67 Å². The van der Waals surface area contributed by atoms with Crippen LogP contribution in [-0.2, 0) is 6.54 Å². The fraction of sp³-hybridized carbons (Fsp3) is 0.500. The van der Waals surface area contributed by atoms with Crippen molar-refractivity contribution in [3.63, 3.8) is 0 Å². The molecule has 1 N–H and O–H groups in total. The van der Waals surface area contributed by atoms with Crippen molar-refractivity contribution in [1.29, 1.82) is 0 Å². The highest BCUT2D eigenvalue weighted by molar-refractivity contribution is 5.41. The molecule has 2 heterocycles. The molecule has 0 amide bonds. The topological polar surface area (TPSA) is 52.0 Å². The van der Waals surface area contributed by atoms with E-state index in [1.54, 1.807) is 7.11 Å². The molecule has 0 radical (unpaired) electrons. The minimum Gasteiger partial charge on any atom is -0.496 e. The molecule has 0 saturated heterocycles. The molecule has 0 bridgehead atoms. The average molecular weight is 288 g/mol. The normalized spacial score (nSPS) is 12.4. The van der Waals surface area contributed by atoms with E-state index >= 15 is 0 Å². The van der Waals surface area contributed by atoms with Crippen molar-refractivity contribution < 1.29 is 4.74 Å². The first-order chi connectivity index (χ1) is 10.1. The lowest BCUT2D eigenvalue weighted by Gasteiger charge is -2.12. The molecule has 5 nitrogen and oxygen atoms in total. The van der Waals surface area contributed by atoms with E-state index < -0.39 is 0 Å². The van der Waals surface area contributed by atoms with Crippen LogP contribution in [0, 0.1) is 13.8 Å². The van der Waals surface area contributed by atoms with E-state index in [9.17, 15) is 0 Å². The standard InChI is InChI=1S/C16H24N4O/c1-6-17-13(4)14-8-19-20(9-14)10-15-12(3)16(21-5)11(2)7-18-15/h7-9,13,17H,6,10H2,1-5H3. The summed E-state index contributed by atoms with van der Waals surface area (Å²) in [4.78, 5) is 4.52. The molecule has 2 rings (SSSR count). The van der Waals surface area contributed by atoms with Crippen LogP contribution in [0.15, 0.2) is 18.6 Å². The Morgan fingerprint density at radius 1 is 1.33 bits per heavy atom. The van der Waals surface area contributed by atoms with Gasteiger partial charge in [-0.2, -0.15) is 5.10 Å². The van der Waals surface area contributed by atoms with Gasteiger partial charge in [-0.25, -0.2) is 0 Å². The molecule has 0 aliphatic carbocycles. The highest BCUT2D eigenvalue weighted by Gasteiger charge is 2.11. The van der Waals surface area contributed by atoms with Gasteiger partial charge in [-0.1, -0.05) is 6.92 Å². The molecule has 2 aromatic rings. The minimum atomic E-state index is 0.311. The maximum atomic E-state index is 5.45. The SMILES string of the molecule is CCNC(C)c1cnn(Cc2ncc(C)c(OC)c2C)c1. The van der Waals surface area contributed by atoms with E-state index in [0.717, 1.165) is 29.1 Å². The van der Waals surface area contributed by atoms with Gasteiger partial charge in [0.2, 0.25) is 0 Å². The minimum absolute atomic E-state index is 0.311. The lowest BCUT2D eigenvalue weighted by atomic mass is 10.1. The second kappa shape index (κ2) is 6.72.